The zero-order valence-corrected chi connectivity index (χ0v) is 36.3. The second-order valence-corrected chi connectivity index (χ2v) is 16.1. The molecule has 10 N–H and O–H groups in total. The second-order valence-electron chi connectivity index (χ2n) is 16.1. The van der Waals surface area contributed by atoms with Crippen LogP contribution in [0.5, 0.6) is 0 Å². The number of fused-ring (bicyclic) bond motifs is 1. The predicted octanol–water partition coefficient (Wildman–Crippen LogP) is -2.28. The van der Waals surface area contributed by atoms with Crippen LogP contribution in [-0.2, 0) is 49.6 Å². The summed E-state index contributed by atoms with van der Waals surface area (Å²) < 4.78 is 17.0. The summed E-state index contributed by atoms with van der Waals surface area (Å²) >= 11 is 0. The summed E-state index contributed by atoms with van der Waals surface area (Å²) in [6, 6.07) is 1.38. The summed E-state index contributed by atoms with van der Waals surface area (Å²) in [5, 5.41) is 55.8. The van der Waals surface area contributed by atoms with Crippen molar-refractivity contribution in [2.45, 2.75) is 108 Å². The van der Waals surface area contributed by atoms with Gasteiger partial charge in [-0.3, -0.25) is 38.6 Å². The normalized spacial score (nSPS) is 24.2. The molecule has 356 valence electrons. The average Bonchev–Trinajstić information content (AvgIpc) is 4.02. The van der Waals surface area contributed by atoms with Gasteiger partial charge in [0.15, 0.2) is 24.0 Å². The molecule has 66 heavy (non-hydrogen) atoms. The maximum absolute atomic E-state index is 13.9. The lowest BCUT2D eigenvalue weighted by molar-refractivity contribution is -0.187. The highest BCUT2D eigenvalue weighted by atomic mass is 16.6. The topological polar surface area (TPSA) is 349 Å². The Hall–Kier alpha value is -6.64. The van der Waals surface area contributed by atoms with Crippen LogP contribution < -0.4 is 26.6 Å². The van der Waals surface area contributed by atoms with E-state index in [1.807, 2.05) is 0 Å². The summed E-state index contributed by atoms with van der Waals surface area (Å²) in [6.45, 7) is 5.03. The Bertz CT molecular complexity index is 2270. The van der Waals surface area contributed by atoms with Crippen molar-refractivity contribution in [1.82, 2.24) is 45.7 Å². The number of benzene rings is 1. The standard InChI is InChI=1S/C41H53N11O14/c1-19(2)29(48-26(55)12-14-51-27(56)9-10-28(51)57)38(61)46-20(3)37(60)47-23-7-5-22(6-8-23)16-64-41(63)52-13-11-24(65-21(4)54)32(52)39(62)49-30-25(15-53)66-40(34(59)33(30)58)50-36-31-35(43-17-42-31)44-18-45-36/h5-10,17-21,24-25,29-30,32-34,40,53-54,58-59H,11-16H2,1-4H3,(H,46,61)(H,47,60)(H,48,55)(H,49,62)(H2,42,43,44,45,50)/t20-,21?,24-,25-,29-,30-,32+,33+,34-,40-/m0/s1. The number of anilines is 2. The summed E-state index contributed by atoms with van der Waals surface area (Å²) in [5.74, 6) is -3.87. The fourth-order valence-electron chi connectivity index (χ4n) is 7.53. The first-order chi connectivity index (χ1) is 31.4. The Morgan fingerprint density at radius 1 is 0.955 bits per heavy atom. The molecular formula is C41H53N11O14. The number of nitrogens with one attached hydrogen (secondary N) is 6. The second kappa shape index (κ2) is 21.6. The third-order valence-electron chi connectivity index (χ3n) is 11.0. The highest BCUT2D eigenvalue weighted by Gasteiger charge is 2.49. The van der Waals surface area contributed by atoms with Gasteiger partial charge < -0.3 is 66.2 Å². The van der Waals surface area contributed by atoms with E-state index in [0.29, 0.717) is 22.4 Å². The molecule has 1 aromatic carbocycles. The van der Waals surface area contributed by atoms with E-state index < -0.39 is 109 Å². The van der Waals surface area contributed by atoms with Gasteiger partial charge in [0.1, 0.15) is 54.9 Å². The van der Waals surface area contributed by atoms with Gasteiger partial charge in [-0.2, -0.15) is 0 Å². The van der Waals surface area contributed by atoms with Crippen molar-refractivity contribution in [2.24, 2.45) is 5.92 Å². The van der Waals surface area contributed by atoms with Gasteiger partial charge in [-0.15, -0.1) is 0 Å². The zero-order valence-electron chi connectivity index (χ0n) is 36.3. The minimum atomic E-state index is -1.69. The molecule has 25 heteroatoms. The largest absolute Gasteiger partial charge is 0.445 e. The van der Waals surface area contributed by atoms with Crippen molar-refractivity contribution in [2.75, 3.05) is 30.3 Å². The fourth-order valence-corrected chi connectivity index (χ4v) is 7.53. The molecule has 2 fully saturated rings. The number of ether oxygens (including phenoxy) is 3. The van der Waals surface area contributed by atoms with Crippen LogP contribution in [0.1, 0.15) is 46.1 Å². The number of hydrogen-bond acceptors (Lipinski definition) is 18. The third-order valence-corrected chi connectivity index (χ3v) is 11.0. The Morgan fingerprint density at radius 2 is 1.67 bits per heavy atom. The highest BCUT2D eigenvalue weighted by molar-refractivity contribution is 6.13. The van der Waals surface area contributed by atoms with Gasteiger partial charge in [0.2, 0.25) is 23.6 Å². The maximum atomic E-state index is 13.9. The number of nitrogens with zero attached hydrogens (tertiary/aromatic N) is 5. The van der Waals surface area contributed by atoms with Crippen molar-refractivity contribution in [3.63, 3.8) is 0 Å². The molecule has 2 saturated heterocycles. The first-order valence-corrected chi connectivity index (χ1v) is 21.1. The van der Waals surface area contributed by atoms with E-state index in [9.17, 15) is 54.0 Å². The van der Waals surface area contributed by atoms with E-state index in [1.54, 1.807) is 26.0 Å². The molecule has 7 amide bonds. The monoisotopic (exact) mass is 923 g/mol. The SMILES string of the molecule is CC(O)O[C@H]1CCN(C(=O)OCc2ccc(NC(=O)[C@H](C)NC(=O)[C@@H](NC(=O)CCN3C(=O)C=CC3=O)C(C)C)cc2)[C@H]1C(=O)N[C@@H]1[C@@H](O)[C@H](O)[C@@H](Nc2ncnc3nc[nH]c23)O[C@H]1CO. The average molecular weight is 924 g/mol. The van der Waals surface area contributed by atoms with Crippen molar-refractivity contribution < 1.29 is 68.2 Å². The van der Waals surface area contributed by atoms with E-state index in [2.05, 4.69) is 46.5 Å². The number of rotatable bonds is 18. The molecule has 10 atom stereocenters. The molecule has 0 saturated carbocycles. The van der Waals surface area contributed by atoms with E-state index in [4.69, 9.17) is 14.2 Å². The molecule has 2 aromatic heterocycles. The van der Waals surface area contributed by atoms with Crippen LogP contribution in [0.25, 0.3) is 11.2 Å². The van der Waals surface area contributed by atoms with Gasteiger partial charge in [0.25, 0.3) is 11.8 Å². The first kappa shape index (κ1) is 48.8. The van der Waals surface area contributed by atoms with Gasteiger partial charge in [0.05, 0.1) is 25.1 Å². The molecule has 1 unspecified atom stereocenters. The van der Waals surface area contributed by atoms with Gasteiger partial charge in [-0.05, 0) is 43.9 Å². The molecule has 3 aliphatic heterocycles. The lowest BCUT2D eigenvalue weighted by Gasteiger charge is -2.43. The number of imidazole rings is 1. The summed E-state index contributed by atoms with van der Waals surface area (Å²) in [6.07, 6.45) is -4.46. The zero-order chi connectivity index (χ0) is 47.8. The van der Waals surface area contributed by atoms with Gasteiger partial charge in [-0.1, -0.05) is 26.0 Å². The van der Waals surface area contributed by atoms with Crippen molar-refractivity contribution in [1.29, 1.82) is 0 Å². The molecule has 6 rings (SSSR count). The van der Waals surface area contributed by atoms with Crippen LogP contribution in [-0.4, -0.2) is 172 Å². The fraction of sp³-hybridized carbons (Fsp3) is 0.512. The van der Waals surface area contributed by atoms with Crippen LogP contribution in [0.15, 0.2) is 49.1 Å². The smallest absolute Gasteiger partial charge is 0.410 e. The third kappa shape index (κ3) is 11.6. The summed E-state index contributed by atoms with van der Waals surface area (Å²) in [5.41, 5.74) is 1.54. The van der Waals surface area contributed by atoms with Crippen LogP contribution in [0.3, 0.4) is 0 Å². The van der Waals surface area contributed by atoms with Gasteiger partial charge >= 0.3 is 6.09 Å². The molecule has 3 aromatic rings. The van der Waals surface area contributed by atoms with Crippen LogP contribution in [0.2, 0.25) is 0 Å². The van der Waals surface area contributed by atoms with Crippen LogP contribution >= 0.6 is 0 Å². The number of imide groups is 1. The quantitative estimate of drug-likeness (QED) is 0.0475. The van der Waals surface area contributed by atoms with Gasteiger partial charge in [0, 0.05) is 37.3 Å². The van der Waals surface area contributed by atoms with E-state index in [-0.39, 0.29) is 44.3 Å². The Morgan fingerprint density at radius 3 is 2.33 bits per heavy atom. The number of aromatic nitrogens is 4. The first-order valence-electron chi connectivity index (χ1n) is 21.1. The number of amides is 7. The Balaban J connectivity index is 1.00. The van der Waals surface area contributed by atoms with E-state index in [0.717, 1.165) is 22.0 Å². The predicted molar refractivity (Wildman–Crippen MR) is 227 cm³/mol. The molecule has 5 heterocycles. The number of carbonyl (C=O) groups excluding carboxylic acids is 7. The highest BCUT2D eigenvalue weighted by Crippen LogP contribution is 2.28. The molecule has 0 aliphatic carbocycles. The maximum Gasteiger partial charge on any atom is 0.410 e. The molecule has 0 bridgehead atoms. The number of hydrogen-bond donors (Lipinski definition) is 10. The molecule has 3 aliphatic rings. The van der Waals surface area contributed by atoms with E-state index in [1.165, 1.54) is 38.6 Å². The number of likely N-dealkylation sites (tertiary alicyclic amines) is 1. The van der Waals surface area contributed by atoms with Gasteiger partial charge in [-0.25, -0.2) is 19.7 Å². The summed E-state index contributed by atoms with van der Waals surface area (Å²) in [7, 11) is 0. The Kier molecular flexibility index (Phi) is 15.9. The number of aliphatic hydroxyl groups is 4. The van der Waals surface area contributed by atoms with Crippen LogP contribution in [0, 0.1) is 5.92 Å². The number of aromatic amines is 1. The number of H-pyrrole nitrogens is 1. The number of carbonyl (C=O) groups is 7. The summed E-state index contributed by atoms with van der Waals surface area (Å²) in [4.78, 5) is 107. The van der Waals surface area contributed by atoms with Crippen molar-refractivity contribution >= 4 is 64.2 Å². The minimum Gasteiger partial charge on any atom is -0.445 e. The molecular weight excluding hydrogens is 871 g/mol. The minimum absolute atomic E-state index is 0.0258. The lowest BCUT2D eigenvalue weighted by atomic mass is 9.94. The van der Waals surface area contributed by atoms with Crippen molar-refractivity contribution in [3.8, 4) is 0 Å². The van der Waals surface area contributed by atoms with E-state index >= 15 is 0 Å². The van der Waals surface area contributed by atoms with Crippen LogP contribution in [0.4, 0.5) is 16.3 Å². The molecule has 25 nitrogen and oxygen atoms in total. The Labute approximate surface area is 376 Å². The lowest BCUT2D eigenvalue weighted by Crippen LogP contribution is -2.67. The molecule has 0 radical (unpaired) electrons. The van der Waals surface area contributed by atoms with Crippen molar-refractivity contribution in [3.05, 3.63) is 54.6 Å². The molecule has 0 spiro atoms. The number of aliphatic hydroxyl groups excluding tert-OH is 4.